The number of hydrogen-bond acceptors (Lipinski definition) is 3. The Labute approximate surface area is 110 Å². The highest BCUT2D eigenvalue weighted by molar-refractivity contribution is 5.17. The van der Waals surface area contributed by atoms with Gasteiger partial charge in [0.05, 0.1) is 5.60 Å². The van der Waals surface area contributed by atoms with Gasteiger partial charge in [-0.2, -0.15) is 0 Å². The number of aromatic nitrogens is 1. The molecular formula is C15H24N2O. The molecule has 2 N–H and O–H groups in total. The van der Waals surface area contributed by atoms with Crippen LogP contribution in [0, 0.1) is 5.41 Å². The summed E-state index contributed by atoms with van der Waals surface area (Å²) in [5.41, 5.74) is 1.47. The first-order valence-corrected chi connectivity index (χ1v) is 6.84. The Hall–Kier alpha value is -0.930. The van der Waals surface area contributed by atoms with Crippen LogP contribution in [-0.2, 0) is 12.8 Å². The number of nitrogens with zero attached hydrogens (tertiary/aromatic N) is 1. The minimum atomic E-state index is -0.654. The number of hydrogen-bond donors (Lipinski definition) is 2. The Balaban J connectivity index is 2.15. The molecule has 3 heteroatoms. The number of nitrogens with one attached hydrogen (secondary N) is 1. The molecule has 1 saturated heterocycles. The van der Waals surface area contributed by atoms with E-state index in [-0.39, 0.29) is 5.41 Å². The van der Waals surface area contributed by atoms with Crippen LogP contribution >= 0.6 is 0 Å². The molecule has 0 bridgehead atoms. The molecule has 1 aromatic rings. The van der Waals surface area contributed by atoms with Crippen LogP contribution in [0.2, 0.25) is 0 Å². The number of aryl methyl sites for hydroxylation is 1. The molecule has 0 aromatic carbocycles. The van der Waals surface area contributed by atoms with E-state index < -0.39 is 5.60 Å². The van der Waals surface area contributed by atoms with E-state index in [9.17, 15) is 5.11 Å². The number of rotatable bonds is 3. The molecule has 0 radical (unpaired) electrons. The average molecular weight is 248 g/mol. The predicted octanol–water partition coefficient (Wildman–Crippen LogP) is 1.94. The van der Waals surface area contributed by atoms with Gasteiger partial charge in [0.2, 0.25) is 0 Å². The fraction of sp³-hybridized carbons (Fsp3) is 0.667. The standard InChI is InChI=1S/C15H24N2O/c1-4-12-5-6-13(17-10-12)9-15(18)7-8-16-11-14(15,2)3/h5-6,10,16,18H,4,7-9,11H2,1-3H3. The van der Waals surface area contributed by atoms with E-state index in [4.69, 9.17) is 0 Å². The fourth-order valence-electron chi connectivity index (χ4n) is 2.60. The Morgan fingerprint density at radius 3 is 2.72 bits per heavy atom. The van der Waals surface area contributed by atoms with Crippen LogP contribution in [0.15, 0.2) is 18.3 Å². The largest absolute Gasteiger partial charge is 0.389 e. The number of piperidine rings is 1. The van der Waals surface area contributed by atoms with Crippen molar-refractivity contribution in [3.63, 3.8) is 0 Å². The van der Waals surface area contributed by atoms with Crippen molar-refractivity contribution in [2.45, 2.75) is 45.6 Å². The molecule has 100 valence electrons. The minimum absolute atomic E-state index is 0.115. The predicted molar refractivity (Wildman–Crippen MR) is 73.5 cm³/mol. The summed E-state index contributed by atoms with van der Waals surface area (Å²) in [4.78, 5) is 4.47. The third-order valence-corrected chi connectivity index (χ3v) is 4.31. The van der Waals surface area contributed by atoms with Crippen LogP contribution in [0.1, 0.15) is 38.4 Å². The van der Waals surface area contributed by atoms with Gasteiger partial charge in [-0.1, -0.05) is 26.8 Å². The summed E-state index contributed by atoms with van der Waals surface area (Å²) < 4.78 is 0. The lowest BCUT2D eigenvalue weighted by Crippen LogP contribution is -2.57. The molecule has 2 rings (SSSR count). The van der Waals surface area contributed by atoms with Gasteiger partial charge in [-0.25, -0.2) is 0 Å². The van der Waals surface area contributed by atoms with Crippen LogP contribution in [0.5, 0.6) is 0 Å². The SMILES string of the molecule is CCc1ccc(CC2(O)CCNCC2(C)C)nc1. The van der Waals surface area contributed by atoms with Crippen molar-refractivity contribution in [1.82, 2.24) is 10.3 Å². The molecule has 1 fully saturated rings. The van der Waals surface area contributed by atoms with E-state index >= 15 is 0 Å². The Bertz CT molecular complexity index is 399. The van der Waals surface area contributed by atoms with Crippen LogP contribution in [0.3, 0.4) is 0 Å². The van der Waals surface area contributed by atoms with Crippen molar-refractivity contribution in [2.24, 2.45) is 5.41 Å². The van der Waals surface area contributed by atoms with E-state index in [0.29, 0.717) is 6.42 Å². The maximum Gasteiger partial charge on any atom is 0.0777 e. The third-order valence-electron chi connectivity index (χ3n) is 4.31. The molecule has 0 aliphatic carbocycles. The van der Waals surface area contributed by atoms with Gasteiger partial charge >= 0.3 is 0 Å². The summed E-state index contributed by atoms with van der Waals surface area (Å²) in [6.07, 6.45) is 4.36. The van der Waals surface area contributed by atoms with Gasteiger partial charge in [-0.05, 0) is 31.0 Å². The second-order valence-corrected chi connectivity index (χ2v) is 6.03. The molecular weight excluding hydrogens is 224 g/mol. The van der Waals surface area contributed by atoms with Crippen molar-refractivity contribution < 1.29 is 5.11 Å². The third kappa shape index (κ3) is 2.57. The number of pyridine rings is 1. The van der Waals surface area contributed by atoms with Crippen molar-refractivity contribution in [2.75, 3.05) is 13.1 Å². The summed E-state index contributed by atoms with van der Waals surface area (Å²) >= 11 is 0. The molecule has 1 aliphatic rings. The van der Waals surface area contributed by atoms with Crippen LogP contribution in [0.4, 0.5) is 0 Å². The van der Waals surface area contributed by atoms with E-state index in [0.717, 1.165) is 31.6 Å². The van der Waals surface area contributed by atoms with Crippen LogP contribution in [0.25, 0.3) is 0 Å². The van der Waals surface area contributed by atoms with Crippen molar-refractivity contribution >= 4 is 0 Å². The van der Waals surface area contributed by atoms with Crippen LogP contribution in [-0.4, -0.2) is 28.8 Å². The van der Waals surface area contributed by atoms with E-state index in [2.05, 4.69) is 43.2 Å². The summed E-state index contributed by atoms with van der Waals surface area (Å²) in [6.45, 7) is 8.11. The van der Waals surface area contributed by atoms with Gasteiger partial charge in [0, 0.05) is 30.3 Å². The molecule has 1 aromatic heterocycles. The first kappa shape index (κ1) is 13.5. The van der Waals surface area contributed by atoms with Gasteiger partial charge in [-0.3, -0.25) is 4.98 Å². The van der Waals surface area contributed by atoms with Gasteiger partial charge < -0.3 is 10.4 Å². The van der Waals surface area contributed by atoms with Crippen LogP contribution < -0.4 is 5.32 Å². The highest BCUT2D eigenvalue weighted by atomic mass is 16.3. The van der Waals surface area contributed by atoms with Gasteiger partial charge in [-0.15, -0.1) is 0 Å². The first-order chi connectivity index (χ1) is 8.47. The average Bonchev–Trinajstić information content (AvgIpc) is 2.34. The highest BCUT2D eigenvalue weighted by Crippen LogP contribution is 2.37. The maximum absolute atomic E-state index is 10.9. The maximum atomic E-state index is 10.9. The Morgan fingerprint density at radius 1 is 1.39 bits per heavy atom. The lowest BCUT2D eigenvalue weighted by molar-refractivity contribution is -0.0875. The van der Waals surface area contributed by atoms with Crippen molar-refractivity contribution in [1.29, 1.82) is 0 Å². The Kier molecular flexibility index (Phi) is 3.74. The van der Waals surface area contributed by atoms with E-state index in [1.165, 1.54) is 5.56 Å². The lowest BCUT2D eigenvalue weighted by atomic mass is 9.68. The number of aliphatic hydroxyl groups is 1. The topological polar surface area (TPSA) is 45.1 Å². The zero-order chi connectivity index (χ0) is 13.2. The van der Waals surface area contributed by atoms with Gasteiger partial charge in [0.25, 0.3) is 0 Å². The first-order valence-electron chi connectivity index (χ1n) is 6.84. The molecule has 2 heterocycles. The van der Waals surface area contributed by atoms with Gasteiger partial charge in [0.15, 0.2) is 0 Å². The van der Waals surface area contributed by atoms with Crippen molar-refractivity contribution in [3.05, 3.63) is 29.6 Å². The second-order valence-electron chi connectivity index (χ2n) is 6.03. The fourth-order valence-corrected chi connectivity index (χ4v) is 2.60. The molecule has 0 amide bonds. The van der Waals surface area contributed by atoms with Gasteiger partial charge in [0.1, 0.15) is 0 Å². The normalized spacial score (nSPS) is 27.1. The lowest BCUT2D eigenvalue weighted by Gasteiger charge is -2.46. The smallest absolute Gasteiger partial charge is 0.0777 e. The Morgan fingerprint density at radius 2 is 2.17 bits per heavy atom. The molecule has 3 nitrogen and oxygen atoms in total. The highest BCUT2D eigenvalue weighted by Gasteiger charge is 2.45. The molecule has 1 unspecified atom stereocenters. The minimum Gasteiger partial charge on any atom is -0.389 e. The quantitative estimate of drug-likeness (QED) is 0.859. The summed E-state index contributed by atoms with van der Waals surface area (Å²) in [5.74, 6) is 0. The zero-order valence-electron chi connectivity index (χ0n) is 11.7. The molecule has 1 aliphatic heterocycles. The van der Waals surface area contributed by atoms with E-state index in [1.54, 1.807) is 0 Å². The second kappa shape index (κ2) is 4.98. The van der Waals surface area contributed by atoms with E-state index in [1.807, 2.05) is 6.20 Å². The molecule has 18 heavy (non-hydrogen) atoms. The summed E-state index contributed by atoms with van der Waals surface area (Å²) in [5, 5.41) is 14.3. The molecule has 0 saturated carbocycles. The summed E-state index contributed by atoms with van der Waals surface area (Å²) in [7, 11) is 0. The zero-order valence-corrected chi connectivity index (χ0v) is 11.7. The van der Waals surface area contributed by atoms with Crippen molar-refractivity contribution in [3.8, 4) is 0 Å². The monoisotopic (exact) mass is 248 g/mol. The molecule has 1 atom stereocenters. The molecule has 0 spiro atoms. The summed E-state index contributed by atoms with van der Waals surface area (Å²) in [6, 6.07) is 4.16.